The van der Waals surface area contributed by atoms with Crippen molar-refractivity contribution in [3.8, 4) is 67.2 Å². The molecule has 1 saturated carbocycles. The Morgan fingerprint density at radius 3 is 2.10 bits per heavy atom. The standard InChI is InChI=1S/C58H38N2O2/c1-58(2)48-17-8-6-13-38(48)39-24-20-35(29-49(39)58)34-19-23-37-44-31-45(44)42-15-10-16-43(53(42)46(37)27-34)54-56-55(47-28-33(22-26-51(47)62-56)32-11-4-3-5-12-32)60-57(59-54)36-21-25-41-40-14-7-9-18-50(40)61-52(41)30-36/h3-30,44-45H,31H2,1-2H3. The first-order valence-electron chi connectivity index (χ1n) is 21.7. The molecule has 4 heteroatoms. The van der Waals surface area contributed by atoms with Crippen LogP contribution in [0.5, 0.6) is 0 Å². The number of fused-ring (bicyclic) bond motifs is 15. The first kappa shape index (κ1) is 34.2. The molecule has 4 nitrogen and oxygen atoms in total. The van der Waals surface area contributed by atoms with Gasteiger partial charge in [-0.25, -0.2) is 9.97 Å². The van der Waals surface area contributed by atoms with Crippen molar-refractivity contribution in [1.82, 2.24) is 9.97 Å². The summed E-state index contributed by atoms with van der Waals surface area (Å²) in [6.45, 7) is 4.71. The van der Waals surface area contributed by atoms with E-state index in [1.807, 2.05) is 12.1 Å². The summed E-state index contributed by atoms with van der Waals surface area (Å²) in [6.07, 6.45) is 1.16. The topological polar surface area (TPSA) is 52.1 Å². The molecular formula is C58H38N2O2. The average Bonchev–Trinajstić information content (AvgIpc) is 3.85. The molecule has 3 aromatic heterocycles. The lowest BCUT2D eigenvalue weighted by Gasteiger charge is -2.24. The fourth-order valence-electron chi connectivity index (χ4n) is 11.0. The molecule has 3 aliphatic carbocycles. The van der Waals surface area contributed by atoms with Crippen molar-refractivity contribution < 1.29 is 8.83 Å². The van der Waals surface area contributed by atoms with Gasteiger partial charge >= 0.3 is 0 Å². The molecule has 0 saturated heterocycles. The summed E-state index contributed by atoms with van der Waals surface area (Å²) >= 11 is 0. The lowest BCUT2D eigenvalue weighted by atomic mass is 9.80. The summed E-state index contributed by atoms with van der Waals surface area (Å²) in [4.78, 5) is 10.9. The third kappa shape index (κ3) is 4.78. The van der Waals surface area contributed by atoms with Crippen molar-refractivity contribution in [3.63, 3.8) is 0 Å². The van der Waals surface area contributed by atoms with E-state index in [1.54, 1.807) is 0 Å². The molecule has 11 aromatic rings. The first-order chi connectivity index (χ1) is 30.5. The van der Waals surface area contributed by atoms with Gasteiger partial charge < -0.3 is 8.83 Å². The Morgan fingerprint density at radius 2 is 1.16 bits per heavy atom. The van der Waals surface area contributed by atoms with Gasteiger partial charge in [0.2, 0.25) is 0 Å². The van der Waals surface area contributed by atoms with Gasteiger partial charge in [0, 0.05) is 32.7 Å². The lowest BCUT2D eigenvalue weighted by molar-refractivity contribution is 0.660. The molecule has 2 unspecified atom stereocenters. The van der Waals surface area contributed by atoms with Crippen LogP contribution < -0.4 is 0 Å². The minimum Gasteiger partial charge on any atom is -0.456 e. The highest BCUT2D eigenvalue weighted by Gasteiger charge is 2.46. The zero-order chi connectivity index (χ0) is 40.8. The maximum atomic E-state index is 6.88. The van der Waals surface area contributed by atoms with Crippen LogP contribution in [-0.4, -0.2) is 9.97 Å². The van der Waals surface area contributed by atoms with Gasteiger partial charge in [-0.05, 0) is 127 Å². The zero-order valence-corrected chi connectivity index (χ0v) is 34.2. The molecule has 2 atom stereocenters. The van der Waals surface area contributed by atoms with Crippen LogP contribution in [-0.2, 0) is 5.41 Å². The van der Waals surface area contributed by atoms with Crippen molar-refractivity contribution in [2.75, 3.05) is 0 Å². The minimum atomic E-state index is -0.0728. The van der Waals surface area contributed by atoms with Crippen LogP contribution in [0.15, 0.2) is 179 Å². The van der Waals surface area contributed by atoms with Gasteiger partial charge in [-0.1, -0.05) is 141 Å². The predicted molar refractivity (Wildman–Crippen MR) is 251 cm³/mol. The maximum absolute atomic E-state index is 6.88. The van der Waals surface area contributed by atoms with Crippen molar-refractivity contribution in [1.29, 1.82) is 0 Å². The molecule has 0 radical (unpaired) electrons. The molecule has 14 rings (SSSR count). The van der Waals surface area contributed by atoms with Crippen LogP contribution in [0.2, 0.25) is 0 Å². The van der Waals surface area contributed by atoms with Crippen molar-refractivity contribution >= 4 is 44.0 Å². The largest absolute Gasteiger partial charge is 0.456 e. The van der Waals surface area contributed by atoms with Crippen LogP contribution >= 0.6 is 0 Å². The number of hydrogen-bond acceptors (Lipinski definition) is 4. The normalized spacial score (nSPS) is 16.6. The number of benzene rings is 8. The van der Waals surface area contributed by atoms with Crippen molar-refractivity contribution in [3.05, 3.63) is 192 Å². The molecule has 0 spiro atoms. The van der Waals surface area contributed by atoms with E-state index in [2.05, 4.69) is 172 Å². The number of rotatable bonds is 4. The monoisotopic (exact) mass is 794 g/mol. The van der Waals surface area contributed by atoms with E-state index in [9.17, 15) is 0 Å². The second-order valence-electron chi connectivity index (χ2n) is 18.0. The zero-order valence-electron chi connectivity index (χ0n) is 34.2. The minimum absolute atomic E-state index is 0.0728. The summed E-state index contributed by atoms with van der Waals surface area (Å²) in [5.41, 5.74) is 22.2. The lowest BCUT2D eigenvalue weighted by Crippen LogP contribution is -2.14. The van der Waals surface area contributed by atoms with E-state index in [0.717, 1.165) is 72.8 Å². The van der Waals surface area contributed by atoms with Crippen LogP contribution in [0.3, 0.4) is 0 Å². The second-order valence-corrected chi connectivity index (χ2v) is 18.0. The van der Waals surface area contributed by atoms with Gasteiger partial charge in [-0.2, -0.15) is 0 Å². The van der Waals surface area contributed by atoms with Gasteiger partial charge in [0.25, 0.3) is 0 Å². The van der Waals surface area contributed by atoms with Gasteiger partial charge in [0.1, 0.15) is 28.0 Å². The molecule has 0 amide bonds. The maximum Gasteiger partial charge on any atom is 0.180 e. The van der Waals surface area contributed by atoms with Gasteiger partial charge in [-0.3, -0.25) is 0 Å². The van der Waals surface area contributed by atoms with Crippen LogP contribution in [0, 0.1) is 0 Å². The van der Waals surface area contributed by atoms with Gasteiger partial charge in [-0.15, -0.1) is 0 Å². The first-order valence-corrected chi connectivity index (χ1v) is 21.7. The highest BCUT2D eigenvalue weighted by Crippen LogP contribution is 2.64. The van der Waals surface area contributed by atoms with Crippen LogP contribution in [0.4, 0.5) is 0 Å². The van der Waals surface area contributed by atoms with E-state index in [1.165, 1.54) is 55.6 Å². The van der Waals surface area contributed by atoms with E-state index < -0.39 is 0 Å². The molecule has 0 N–H and O–H groups in total. The van der Waals surface area contributed by atoms with E-state index >= 15 is 0 Å². The highest BCUT2D eigenvalue weighted by molar-refractivity contribution is 6.10. The molecule has 1 fully saturated rings. The van der Waals surface area contributed by atoms with E-state index in [0.29, 0.717) is 23.2 Å². The third-order valence-electron chi connectivity index (χ3n) is 14.2. The Hall–Kier alpha value is -7.56. The van der Waals surface area contributed by atoms with Crippen molar-refractivity contribution in [2.24, 2.45) is 0 Å². The van der Waals surface area contributed by atoms with Crippen molar-refractivity contribution in [2.45, 2.75) is 37.5 Å². The van der Waals surface area contributed by atoms with Gasteiger partial charge in [0.15, 0.2) is 11.4 Å². The van der Waals surface area contributed by atoms with E-state index in [4.69, 9.17) is 18.8 Å². The Balaban J connectivity index is 0.988. The summed E-state index contributed by atoms with van der Waals surface area (Å²) in [5, 5.41) is 3.14. The van der Waals surface area contributed by atoms with Crippen LogP contribution in [0.1, 0.15) is 54.4 Å². The quantitative estimate of drug-likeness (QED) is 0.178. The Morgan fingerprint density at radius 1 is 0.452 bits per heavy atom. The molecule has 8 aromatic carbocycles. The smallest absolute Gasteiger partial charge is 0.180 e. The number of nitrogens with zero attached hydrogens (tertiary/aromatic N) is 2. The summed E-state index contributed by atoms with van der Waals surface area (Å²) < 4.78 is 13.3. The second kappa shape index (κ2) is 12.3. The fraction of sp³-hybridized carbons (Fsp3) is 0.103. The molecular weight excluding hydrogens is 757 g/mol. The van der Waals surface area contributed by atoms with Gasteiger partial charge in [0.05, 0.1) is 0 Å². The third-order valence-corrected chi connectivity index (χ3v) is 14.2. The summed E-state index contributed by atoms with van der Waals surface area (Å²) in [7, 11) is 0. The SMILES string of the molecule is CC1(C)c2ccccc2-c2ccc(-c3ccc4c(c3)-c3c(-c5nc(-c6ccc7c(c6)oc6ccccc67)nc6c5oc5ccc(-c7ccccc7)cc56)cccc3C3CC43)cc21. The molecule has 3 aliphatic rings. The van der Waals surface area contributed by atoms with E-state index in [-0.39, 0.29) is 5.41 Å². The number of furan rings is 2. The Labute approximate surface area is 358 Å². The average molecular weight is 795 g/mol. The van der Waals surface area contributed by atoms with Crippen LogP contribution in [0.25, 0.3) is 111 Å². The molecule has 0 aliphatic heterocycles. The molecule has 292 valence electrons. The summed E-state index contributed by atoms with van der Waals surface area (Å²) in [6, 6.07) is 61.4. The fourth-order valence-corrected chi connectivity index (χ4v) is 11.0. The highest BCUT2D eigenvalue weighted by atomic mass is 16.3. The number of aromatic nitrogens is 2. The summed E-state index contributed by atoms with van der Waals surface area (Å²) in [5.74, 6) is 1.64. The molecule has 62 heavy (non-hydrogen) atoms. The molecule has 0 bridgehead atoms. The number of para-hydroxylation sites is 1. The molecule has 3 heterocycles. The predicted octanol–water partition coefficient (Wildman–Crippen LogP) is 15.5. The Bertz CT molecular complexity index is 3720. The number of hydrogen-bond donors (Lipinski definition) is 0. The Kier molecular flexibility index (Phi) is 6.76.